The van der Waals surface area contributed by atoms with Crippen molar-refractivity contribution in [3.05, 3.63) is 35.6 Å². The number of fused-ring (bicyclic) bond motifs is 1. The van der Waals surface area contributed by atoms with Gasteiger partial charge in [-0.15, -0.1) is 0 Å². The summed E-state index contributed by atoms with van der Waals surface area (Å²) in [4.78, 5) is 25.9. The number of aromatic nitrogens is 4. The molecular formula is C17H19FN6O2S. The Bertz CT molecular complexity index is 973. The Balaban J connectivity index is 1.40. The molecule has 1 aliphatic heterocycles. The number of carbonyl (C=O) groups excluding carboxylic acids is 1. The summed E-state index contributed by atoms with van der Waals surface area (Å²) in [7, 11) is 0. The minimum absolute atomic E-state index is 0.00595. The molecule has 0 spiro atoms. The lowest BCUT2D eigenvalue weighted by atomic mass is 10.2. The number of hydrogen-bond donors (Lipinski definition) is 1. The molecule has 27 heavy (non-hydrogen) atoms. The van der Waals surface area contributed by atoms with E-state index in [1.165, 1.54) is 6.92 Å². The van der Waals surface area contributed by atoms with Gasteiger partial charge in [-0.3, -0.25) is 14.1 Å². The molecule has 0 radical (unpaired) electrons. The fourth-order valence-electron chi connectivity index (χ4n) is 3.22. The standard InChI is InChI=1S/C17H19FN6O2S/c1-10-5-12(26-13-6-20-16-19-3-4-23(16)8-13)7-24(10)9-14-15(18)22-17(27-14)21-11(2)25/h3-4,6,8,10,12H,5,7,9H2,1-2H3,(H,21,22,25). The number of hydrogen-bond acceptors (Lipinski definition) is 7. The van der Waals surface area contributed by atoms with Crippen molar-refractivity contribution in [2.24, 2.45) is 0 Å². The normalized spacial score (nSPS) is 20.3. The van der Waals surface area contributed by atoms with E-state index in [0.29, 0.717) is 29.5 Å². The van der Waals surface area contributed by atoms with Crippen molar-refractivity contribution in [1.29, 1.82) is 0 Å². The minimum atomic E-state index is -0.532. The molecule has 10 heteroatoms. The molecule has 1 N–H and O–H groups in total. The van der Waals surface area contributed by atoms with Crippen LogP contribution in [0, 0.1) is 5.95 Å². The molecule has 0 bridgehead atoms. The molecule has 2 atom stereocenters. The first kappa shape index (κ1) is 17.8. The van der Waals surface area contributed by atoms with Crippen molar-refractivity contribution in [2.75, 3.05) is 11.9 Å². The third-order valence-electron chi connectivity index (χ3n) is 4.47. The second-order valence-electron chi connectivity index (χ2n) is 6.59. The first-order valence-electron chi connectivity index (χ1n) is 8.60. The van der Waals surface area contributed by atoms with Gasteiger partial charge in [-0.25, -0.2) is 9.97 Å². The Labute approximate surface area is 159 Å². The molecule has 4 rings (SSSR count). The van der Waals surface area contributed by atoms with Gasteiger partial charge in [-0.2, -0.15) is 9.37 Å². The van der Waals surface area contributed by atoms with E-state index < -0.39 is 5.95 Å². The molecular weight excluding hydrogens is 371 g/mol. The molecule has 1 aliphatic rings. The fraction of sp³-hybridized carbons (Fsp3) is 0.412. The highest BCUT2D eigenvalue weighted by atomic mass is 32.1. The maximum Gasteiger partial charge on any atom is 0.233 e. The van der Waals surface area contributed by atoms with Crippen LogP contribution in [0.5, 0.6) is 5.75 Å². The zero-order valence-corrected chi connectivity index (χ0v) is 15.7. The Morgan fingerprint density at radius 3 is 3.15 bits per heavy atom. The number of anilines is 1. The number of likely N-dealkylation sites (tertiary alicyclic amines) is 1. The molecule has 0 saturated carbocycles. The van der Waals surface area contributed by atoms with Gasteiger partial charge >= 0.3 is 0 Å². The summed E-state index contributed by atoms with van der Waals surface area (Å²) in [5.41, 5.74) is 0. The third kappa shape index (κ3) is 3.91. The number of ether oxygens (including phenoxy) is 1. The third-order valence-corrected chi connectivity index (χ3v) is 5.40. The van der Waals surface area contributed by atoms with Crippen LogP contribution in [0.25, 0.3) is 5.78 Å². The van der Waals surface area contributed by atoms with Gasteiger partial charge in [0.15, 0.2) is 10.9 Å². The largest absolute Gasteiger partial charge is 0.486 e. The van der Waals surface area contributed by atoms with Crippen LogP contribution in [-0.4, -0.2) is 48.9 Å². The highest BCUT2D eigenvalue weighted by Gasteiger charge is 2.31. The summed E-state index contributed by atoms with van der Waals surface area (Å²) in [5.74, 6) is 0.507. The molecule has 0 aromatic carbocycles. The van der Waals surface area contributed by atoms with Crippen molar-refractivity contribution >= 4 is 28.2 Å². The van der Waals surface area contributed by atoms with Crippen molar-refractivity contribution in [3.8, 4) is 5.75 Å². The van der Waals surface area contributed by atoms with Crippen molar-refractivity contribution in [2.45, 2.75) is 39.0 Å². The van der Waals surface area contributed by atoms with E-state index in [1.807, 2.05) is 16.8 Å². The number of imidazole rings is 1. The van der Waals surface area contributed by atoms with Gasteiger partial charge in [0.05, 0.1) is 17.3 Å². The van der Waals surface area contributed by atoms with Crippen LogP contribution in [0.3, 0.4) is 0 Å². The second-order valence-corrected chi connectivity index (χ2v) is 7.68. The number of nitrogens with one attached hydrogen (secondary N) is 1. The quantitative estimate of drug-likeness (QED) is 0.720. The number of rotatable bonds is 5. The molecule has 3 aromatic rings. The zero-order chi connectivity index (χ0) is 19.0. The van der Waals surface area contributed by atoms with Crippen LogP contribution in [0.15, 0.2) is 24.8 Å². The van der Waals surface area contributed by atoms with Crippen LogP contribution in [0.4, 0.5) is 9.52 Å². The van der Waals surface area contributed by atoms with E-state index in [4.69, 9.17) is 4.74 Å². The predicted octanol–water partition coefficient (Wildman–Crippen LogP) is 2.33. The summed E-state index contributed by atoms with van der Waals surface area (Å²) >= 11 is 1.16. The fourth-order valence-corrected chi connectivity index (χ4v) is 4.14. The smallest absolute Gasteiger partial charge is 0.233 e. The highest BCUT2D eigenvalue weighted by Crippen LogP contribution is 2.28. The van der Waals surface area contributed by atoms with E-state index in [1.54, 1.807) is 12.4 Å². The van der Waals surface area contributed by atoms with Crippen molar-refractivity contribution in [3.63, 3.8) is 0 Å². The number of carbonyl (C=O) groups is 1. The van der Waals surface area contributed by atoms with E-state index in [-0.39, 0.29) is 23.2 Å². The lowest BCUT2D eigenvalue weighted by molar-refractivity contribution is -0.114. The van der Waals surface area contributed by atoms with Gasteiger partial charge in [0.25, 0.3) is 0 Å². The number of thiazole rings is 1. The Morgan fingerprint density at radius 1 is 1.48 bits per heavy atom. The summed E-state index contributed by atoms with van der Waals surface area (Å²) in [6, 6.07) is 0.241. The van der Waals surface area contributed by atoms with Crippen LogP contribution < -0.4 is 10.1 Å². The Kier molecular flexibility index (Phi) is 4.75. The van der Waals surface area contributed by atoms with Gasteiger partial charge in [0.1, 0.15) is 6.10 Å². The lowest BCUT2D eigenvalue weighted by Gasteiger charge is -2.19. The van der Waals surface area contributed by atoms with Crippen LogP contribution in [0.1, 0.15) is 25.1 Å². The molecule has 0 aliphatic carbocycles. The van der Waals surface area contributed by atoms with Crippen LogP contribution >= 0.6 is 11.3 Å². The predicted molar refractivity (Wildman–Crippen MR) is 98.3 cm³/mol. The maximum atomic E-state index is 14.1. The molecule has 142 valence electrons. The number of halogens is 1. The highest BCUT2D eigenvalue weighted by molar-refractivity contribution is 7.15. The summed E-state index contributed by atoms with van der Waals surface area (Å²) in [6.45, 7) is 4.58. The SMILES string of the molecule is CC(=O)Nc1nc(F)c(CN2CC(Oc3cnc4nccn4c3)CC2C)s1. The molecule has 1 fully saturated rings. The number of amides is 1. The van der Waals surface area contributed by atoms with Gasteiger partial charge in [0, 0.05) is 44.9 Å². The molecule has 3 aromatic heterocycles. The second kappa shape index (κ2) is 7.20. The van der Waals surface area contributed by atoms with Gasteiger partial charge in [0.2, 0.25) is 17.6 Å². The van der Waals surface area contributed by atoms with E-state index in [0.717, 1.165) is 17.8 Å². The summed E-state index contributed by atoms with van der Waals surface area (Å²) in [6.07, 6.45) is 7.85. The van der Waals surface area contributed by atoms with Crippen LogP contribution in [0.2, 0.25) is 0 Å². The minimum Gasteiger partial charge on any atom is -0.486 e. The zero-order valence-electron chi connectivity index (χ0n) is 14.9. The first-order valence-corrected chi connectivity index (χ1v) is 9.42. The maximum absolute atomic E-state index is 14.1. The van der Waals surface area contributed by atoms with E-state index in [9.17, 15) is 9.18 Å². The van der Waals surface area contributed by atoms with Gasteiger partial charge in [-0.05, 0) is 6.92 Å². The van der Waals surface area contributed by atoms with E-state index in [2.05, 4.69) is 32.1 Å². The van der Waals surface area contributed by atoms with Crippen LogP contribution in [-0.2, 0) is 11.3 Å². The van der Waals surface area contributed by atoms with Crippen molar-refractivity contribution < 1.29 is 13.9 Å². The summed E-state index contributed by atoms with van der Waals surface area (Å²) in [5, 5.41) is 2.81. The average molecular weight is 390 g/mol. The monoisotopic (exact) mass is 390 g/mol. The Hall–Kier alpha value is -2.59. The van der Waals surface area contributed by atoms with Gasteiger partial charge in [-0.1, -0.05) is 11.3 Å². The first-order chi connectivity index (χ1) is 13.0. The number of nitrogens with zero attached hydrogens (tertiary/aromatic N) is 5. The molecule has 8 nitrogen and oxygen atoms in total. The summed E-state index contributed by atoms with van der Waals surface area (Å²) < 4.78 is 21.9. The molecule has 4 heterocycles. The average Bonchev–Trinajstić information content (AvgIpc) is 3.28. The van der Waals surface area contributed by atoms with Crippen molar-refractivity contribution in [1.82, 2.24) is 24.3 Å². The molecule has 2 unspecified atom stereocenters. The molecule has 1 saturated heterocycles. The Morgan fingerprint density at radius 2 is 2.33 bits per heavy atom. The molecule has 1 amide bonds. The van der Waals surface area contributed by atoms with Gasteiger partial charge < -0.3 is 10.1 Å². The topological polar surface area (TPSA) is 84.7 Å². The van der Waals surface area contributed by atoms with E-state index >= 15 is 0 Å². The lowest BCUT2D eigenvalue weighted by Crippen LogP contribution is -2.28.